The number of aromatic nitrogens is 2. The Labute approximate surface area is 166 Å². The lowest BCUT2D eigenvalue weighted by Crippen LogP contribution is -2.22. The second-order valence-corrected chi connectivity index (χ2v) is 6.38. The first-order chi connectivity index (χ1) is 14.1. The molecular weight excluding hydrogens is 368 g/mol. The number of fused-ring (bicyclic) bond motifs is 1. The van der Waals surface area contributed by atoms with E-state index in [0.717, 1.165) is 0 Å². The summed E-state index contributed by atoms with van der Waals surface area (Å²) in [5.74, 6) is 0.534. The molecule has 144 valence electrons. The van der Waals surface area contributed by atoms with Crippen molar-refractivity contribution in [2.75, 3.05) is 7.11 Å². The largest absolute Gasteiger partial charge is 0.504 e. The molecule has 29 heavy (non-hydrogen) atoms. The first kappa shape index (κ1) is 18.3. The number of hydrogen-bond acceptors (Lipinski definition) is 5. The molecule has 0 unspecified atom stereocenters. The summed E-state index contributed by atoms with van der Waals surface area (Å²) in [6.45, 7) is 0. The minimum absolute atomic E-state index is 0.197. The lowest BCUT2D eigenvalue weighted by Gasteiger charge is -2.14. The minimum Gasteiger partial charge on any atom is -0.504 e. The van der Waals surface area contributed by atoms with Gasteiger partial charge in [-0.25, -0.2) is 4.98 Å². The van der Waals surface area contributed by atoms with E-state index in [2.05, 4.69) is 4.98 Å². The summed E-state index contributed by atoms with van der Waals surface area (Å²) in [5, 5.41) is 19.7. The molecule has 0 amide bonds. The van der Waals surface area contributed by atoms with Crippen LogP contribution in [0.3, 0.4) is 0 Å². The van der Waals surface area contributed by atoms with Crippen LogP contribution in [-0.4, -0.2) is 26.9 Å². The molecule has 0 fully saturated rings. The maximum atomic E-state index is 13.3. The molecule has 0 saturated heterocycles. The van der Waals surface area contributed by atoms with Crippen LogP contribution in [0.4, 0.5) is 0 Å². The molecule has 0 atom stereocenters. The molecule has 4 aromatic rings. The number of rotatable bonds is 4. The van der Waals surface area contributed by atoms with Gasteiger partial charge in [-0.15, -0.1) is 0 Å². The van der Waals surface area contributed by atoms with Crippen molar-refractivity contribution < 1.29 is 14.9 Å². The summed E-state index contributed by atoms with van der Waals surface area (Å²) < 4.78 is 6.94. The summed E-state index contributed by atoms with van der Waals surface area (Å²) >= 11 is 0. The number of hydrogen-bond donors (Lipinski definition) is 2. The predicted molar refractivity (Wildman–Crippen MR) is 113 cm³/mol. The van der Waals surface area contributed by atoms with E-state index in [9.17, 15) is 15.0 Å². The van der Waals surface area contributed by atoms with Crippen LogP contribution in [0, 0.1) is 0 Å². The Morgan fingerprint density at radius 2 is 1.69 bits per heavy atom. The quantitative estimate of drug-likeness (QED) is 0.519. The van der Waals surface area contributed by atoms with Gasteiger partial charge in [-0.05, 0) is 48.0 Å². The second-order valence-electron chi connectivity index (χ2n) is 6.38. The van der Waals surface area contributed by atoms with Crippen LogP contribution in [0.25, 0.3) is 28.7 Å². The predicted octanol–water partition coefficient (Wildman–Crippen LogP) is 3.98. The fourth-order valence-corrected chi connectivity index (χ4v) is 3.12. The Morgan fingerprint density at radius 1 is 0.931 bits per heavy atom. The molecule has 6 nitrogen and oxygen atoms in total. The number of aromatic hydroxyl groups is 2. The third-order valence-electron chi connectivity index (χ3n) is 4.55. The van der Waals surface area contributed by atoms with Gasteiger partial charge < -0.3 is 14.9 Å². The Hall–Kier alpha value is -4.06. The first-order valence-electron chi connectivity index (χ1n) is 8.94. The molecule has 0 aliphatic carbocycles. The molecule has 6 heteroatoms. The van der Waals surface area contributed by atoms with Crippen LogP contribution in [0.15, 0.2) is 71.5 Å². The average Bonchev–Trinajstić information content (AvgIpc) is 2.75. The van der Waals surface area contributed by atoms with Gasteiger partial charge in [0.1, 0.15) is 11.6 Å². The average molecular weight is 386 g/mol. The standard InChI is InChI=1S/C23H18N2O4/c1-29-21-9-5-4-8-18(21)25-22(13-11-15-10-12-19(26)20(27)14-15)24-17-7-3-2-6-16(17)23(25)28/h2-14,26-27H,1H3/b13-11+. The van der Waals surface area contributed by atoms with E-state index in [4.69, 9.17) is 4.74 Å². The van der Waals surface area contributed by atoms with E-state index < -0.39 is 0 Å². The molecule has 0 saturated carbocycles. The maximum Gasteiger partial charge on any atom is 0.266 e. The summed E-state index contributed by atoms with van der Waals surface area (Å²) in [5.41, 5.74) is 1.59. The lowest BCUT2D eigenvalue weighted by atomic mass is 10.1. The van der Waals surface area contributed by atoms with Crippen LogP contribution >= 0.6 is 0 Å². The third-order valence-corrected chi connectivity index (χ3v) is 4.55. The molecule has 0 radical (unpaired) electrons. The highest BCUT2D eigenvalue weighted by Crippen LogP contribution is 2.27. The molecule has 0 bridgehead atoms. The second kappa shape index (κ2) is 7.52. The Morgan fingerprint density at radius 3 is 2.48 bits per heavy atom. The van der Waals surface area contributed by atoms with Crippen LogP contribution in [0.5, 0.6) is 17.2 Å². The first-order valence-corrected chi connectivity index (χ1v) is 8.94. The zero-order valence-electron chi connectivity index (χ0n) is 15.6. The van der Waals surface area contributed by atoms with E-state index in [1.54, 1.807) is 55.7 Å². The van der Waals surface area contributed by atoms with Gasteiger partial charge in [-0.2, -0.15) is 0 Å². The van der Waals surface area contributed by atoms with Gasteiger partial charge in [-0.3, -0.25) is 9.36 Å². The Kier molecular flexibility index (Phi) is 4.75. The van der Waals surface area contributed by atoms with Gasteiger partial charge in [-0.1, -0.05) is 36.4 Å². The summed E-state index contributed by atoms with van der Waals surface area (Å²) in [6.07, 6.45) is 3.40. The number of ether oxygens (including phenoxy) is 1. The lowest BCUT2D eigenvalue weighted by molar-refractivity contribution is 0.403. The van der Waals surface area contributed by atoms with Gasteiger partial charge in [0, 0.05) is 0 Å². The number of para-hydroxylation sites is 3. The van der Waals surface area contributed by atoms with E-state index in [1.807, 2.05) is 18.2 Å². The molecule has 1 heterocycles. The highest BCUT2D eigenvalue weighted by Gasteiger charge is 2.14. The summed E-state index contributed by atoms with van der Waals surface area (Å²) in [4.78, 5) is 17.9. The number of phenolic OH excluding ortho intramolecular Hbond substituents is 2. The molecular formula is C23H18N2O4. The van der Waals surface area contributed by atoms with Crippen molar-refractivity contribution >= 4 is 23.1 Å². The van der Waals surface area contributed by atoms with E-state index in [1.165, 1.54) is 16.7 Å². The number of nitrogens with zero attached hydrogens (tertiary/aromatic N) is 2. The minimum atomic E-state index is -0.222. The summed E-state index contributed by atoms with van der Waals surface area (Å²) in [7, 11) is 1.55. The molecule has 3 aromatic carbocycles. The molecule has 0 aliphatic rings. The van der Waals surface area contributed by atoms with Gasteiger partial charge in [0.15, 0.2) is 11.5 Å². The van der Waals surface area contributed by atoms with Crippen molar-refractivity contribution in [1.29, 1.82) is 0 Å². The van der Waals surface area contributed by atoms with Crippen molar-refractivity contribution in [3.05, 3.63) is 88.5 Å². The highest BCUT2D eigenvalue weighted by molar-refractivity contribution is 5.80. The maximum absolute atomic E-state index is 13.3. The van der Waals surface area contributed by atoms with Crippen molar-refractivity contribution in [2.45, 2.75) is 0 Å². The van der Waals surface area contributed by atoms with Crippen molar-refractivity contribution in [3.63, 3.8) is 0 Å². The zero-order chi connectivity index (χ0) is 20.4. The molecule has 1 aromatic heterocycles. The fraction of sp³-hybridized carbons (Fsp3) is 0.0435. The smallest absolute Gasteiger partial charge is 0.266 e. The van der Waals surface area contributed by atoms with E-state index >= 15 is 0 Å². The van der Waals surface area contributed by atoms with Gasteiger partial charge >= 0.3 is 0 Å². The highest BCUT2D eigenvalue weighted by atomic mass is 16.5. The van der Waals surface area contributed by atoms with Crippen LogP contribution in [0.2, 0.25) is 0 Å². The molecule has 0 spiro atoms. The summed E-state index contributed by atoms with van der Waals surface area (Å²) in [6, 6.07) is 18.9. The van der Waals surface area contributed by atoms with Crippen molar-refractivity contribution in [2.24, 2.45) is 0 Å². The third kappa shape index (κ3) is 3.43. The van der Waals surface area contributed by atoms with Gasteiger partial charge in [0.2, 0.25) is 0 Å². The number of methoxy groups -OCH3 is 1. The van der Waals surface area contributed by atoms with Gasteiger partial charge in [0.05, 0.1) is 23.7 Å². The monoisotopic (exact) mass is 386 g/mol. The SMILES string of the molecule is COc1ccccc1-n1c(/C=C/c2ccc(O)c(O)c2)nc2ccccc2c1=O. The van der Waals surface area contributed by atoms with Crippen LogP contribution in [-0.2, 0) is 0 Å². The molecule has 2 N–H and O–H groups in total. The Bertz CT molecular complexity index is 1290. The molecule has 0 aliphatic heterocycles. The normalized spacial score (nSPS) is 11.2. The molecule has 4 rings (SSSR count). The van der Waals surface area contributed by atoms with Crippen molar-refractivity contribution in [1.82, 2.24) is 9.55 Å². The zero-order valence-corrected chi connectivity index (χ0v) is 15.6. The van der Waals surface area contributed by atoms with Crippen LogP contribution < -0.4 is 10.3 Å². The Balaban J connectivity index is 1.95. The van der Waals surface area contributed by atoms with E-state index in [0.29, 0.717) is 33.7 Å². The topological polar surface area (TPSA) is 84.6 Å². The van der Waals surface area contributed by atoms with E-state index in [-0.39, 0.29) is 17.1 Å². The van der Waals surface area contributed by atoms with Crippen LogP contribution in [0.1, 0.15) is 11.4 Å². The fourth-order valence-electron chi connectivity index (χ4n) is 3.12. The van der Waals surface area contributed by atoms with Gasteiger partial charge in [0.25, 0.3) is 5.56 Å². The number of phenols is 2. The van der Waals surface area contributed by atoms with Crippen molar-refractivity contribution in [3.8, 4) is 22.9 Å². The number of benzene rings is 3.